The Balaban J connectivity index is 2.02. The van der Waals surface area contributed by atoms with Crippen LogP contribution >= 0.6 is 0 Å². The summed E-state index contributed by atoms with van der Waals surface area (Å²) in [7, 11) is 3.45. The van der Waals surface area contributed by atoms with Gasteiger partial charge in [0.1, 0.15) is 17.6 Å². The normalized spacial score (nSPS) is 18.5. The van der Waals surface area contributed by atoms with Gasteiger partial charge in [-0.25, -0.2) is 0 Å². The molecule has 0 fully saturated rings. The predicted octanol–water partition coefficient (Wildman–Crippen LogP) is 2.53. The quantitative estimate of drug-likeness (QED) is 0.832. The van der Waals surface area contributed by atoms with E-state index in [1.54, 1.807) is 14.2 Å². The van der Waals surface area contributed by atoms with Crippen molar-refractivity contribution in [3.05, 3.63) is 23.3 Å². The lowest BCUT2D eigenvalue weighted by Crippen LogP contribution is -2.26. The topological polar surface area (TPSA) is 39.7 Å². The Bertz CT molecular complexity index is 448. The number of benzene rings is 1. The minimum Gasteiger partial charge on any atom is -0.496 e. The Morgan fingerprint density at radius 3 is 2.90 bits per heavy atom. The van der Waals surface area contributed by atoms with Gasteiger partial charge < -0.3 is 19.5 Å². The van der Waals surface area contributed by atoms with E-state index in [1.807, 2.05) is 0 Å². The minimum absolute atomic E-state index is 0.263. The first-order chi connectivity index (χ1) is 9.63. The van der Waals surface area contributed by atoms with E-state index < -0.39 is 0 Å². The van der Waals surface area contributed by atoms with E-state index in [-0.39, 0.29) is 6.10 Å². The molecule has 0 saturated carbocycles. The third-order valence-electron chi connectivity index (χ3n) is 3.70. The average molecular weight is 279 g/mol. The molecule has 1 aliphatic rings. The SMILES string of the molecule is COCCC(C)NCc1cc2c(cc1OC)CC(C)O2. The van der Waals surface area contributed by atoms with Crippen LogP contribution in [0.15, 0.2) is 12.1 Å². The van der Waals surface area contributed by atoms with E-state index >= 15 is 0 Å². The van der Waals surface area contributed by atoms with Gasteiger partial charge in [0.2, 0.25) is 0 Å². The summed E-state index contributed by atoms with van der Waals surface area (Å²) in [5, 5.41) is 3.50. The molecule has 0 aliphatic carbocycles. The molecule has 1 aliphatic heterocycles. The summed E-state index contributed by atoms with van der Waals surface area (Å²) in [5.74, 6) is 1.94. The number of hydrogen-bond acceptors (Lipinski definition) is 4. The summed E-state index contributed by atoms with van der Waals surface area (Å²) in [6.45, 7) is 5.81. The van der Waals surface area contributed by atoms with E-state index in [1.165, 1.54) is 5.56 Å². The van der Waals surface area contributed by atoms with Crippen molar-refractivity contribution in [2.75, 3.05) is 20.8 Å². The molecule has 0 radical (unpaired) electrons. The molecule has 1 heterocycles. The molecule has 2 rings (SSSR count). The van der Waals surface area contributed by atoms with Gasteiger partial charge in [-0.2, -0.15) is 0 Å². The van der Waals surface area contributed by atoms with Crippen LogP contribution in [0, 0.1) is 0 Å². The number of ether oxygens (including phenoxy) is 3. The molecular formula is C16H25NO3. The predicted molar refractivity (Wildman–Crippen MR) is 79.6 cm³/mol. The Morgan fingerprint density at radius 2 is 2.20 bits per heavy atom. The summed E-state index contributed by atoms with van der Waals surface area (Å²) >= 11 is 0. The van der Waals surface area contributed by atoms with Crippen molar-refractivity contribution >= 4 is 0 Å². The van der Waals surface area contributed by atoms with Gasteiger partial charge in [0.05, 0.1) is 7.11 Å². The maximum absolute atomic E-state index is 5.82. The van der Waals surface area contributed by atoms with Gasteiger partial charge in [-0.1, -0.05) is 0 Å². The van der Waals surface area contributed by atoms with Gasteiger partial charge in [-0.15, -0.1) is 0 Å². The zero-order valence-corrected chi connectivity index (χ0v) is 12.9. The number of fused-ring (bicyclic) bond motifs is 1. The molecule has 1 aromatic carbocycles. The molecule has 4 nitrogen and oxygen atoms in total. The van der Waals surface area contributed by atoms with Gasteiger partial charge in [-0.3, -0.25) is 0 Å². The molecule has 0 aromatic heterocycles. The summed E-state index contributed by atoms with van der Waals surface area (Å²) in [5.41, 5.74) is 2.38. The Labute approximate surface area is 121 Å². The van der Waals surface area contributed by atoms with Crippen molar-refractivity contribution in [3.63, 3.8) is 0 Å². The summed E-state index contributed by atoms with van der Waals surface area (Å²) in [4.78, 5) is 0. The lowest BCUT2D eigenvalue weighted by molar-refractivity contribution is 0.184. The van der Waals surface area contributed by atoms with Gasteiger partial charge in [-0.05, 0) is 32.4 Å². The zero-order valence-electron chi connectivity index (χ0n) is 12.9. The molecule has 0 bridgehead atoms. The number of rotatable bonds is 7. The van der Waals surface area contributed by atoms with Crippen LogP contribution in [-0.2, 0) is 17.7 Å². The molecule has 4 heteroatoms. The standard InChI is InChI=1S/C16H25NO3/c1-11(5-6-18-3)17-10-14-9-16-13(7-12(2)20-16)8-15(14)19-4/h8-9,11-12,17H,5-7,10H2,1-4H3. The van der Waals surface area contributed by atoms with E-state index in [0.29, 0.717) is 6.04 Å². The third-order valence-corrected chi connectivity index (χ3v) is 3.70. The van der Waals surface area contributed by atoms with Crippen LogP contribution in [0.25, 0.3) is 0 Å². The molecular weight excluding hydrogens is 254 g/mol. The highest BCUT2D eigenvalue weighted by Crippen LogP contribution is 2.34. The smallest absolute Gasteiger partial charge is 0.123 e. The molecule has 20 heavy (non-hydrogen) atoms. The summed E-state index contributed by atoms with van der Waals surface area (Å²) < 4.78 is 16.4. The van der Waals surface area contributed by atoms with E-state index in [9.17, 15) is 0 Å². The van der Waals surface area contributed by atoms with Crippen molar-refractivity contribution < 1.29 is 14.2 Å². The van der Waals surface area contributed by atoms with Gasteiger partial charge in [0.15, 0.2) is 0 Å². The van der Waals surface area contributed by atoms with Crippen molar-refractivity contribution in [1.29, 1.82) is 0 Å². The maximum Gasteiger partial charge on any atom is 0.123 e. The Kier molecular flexibility index (Phi) is 5.26. The third kappa shape index (κ3) is 3.64. The minimum atomic E-state index is 0.263. The van der Waals surface area contributed by atoms with Gasteiger partial charge in [0.25, 0.3) is 0 Å². The first-order valence-corrected chi connectivity index (χ1v) is 7.22. The van der Waals surface area contributed by atoms with Crippen LogP contribution in [0.4, 0.5) is 0 Å². The number of nitrogens with one attached hydrogen (secondary N) is 1. The van der Waals surface area contributed by atoms with E-state index in [2.05, 4.69) is 31.3 Å². The highest BCUT2D eigenvalue weighted by molar-refractivity contribution is 5.48. The number of methoxy groups -OCH3 is 2. The zero-order chi connectivity index (χ0) is 14.5. The van der Waals surface area contributed by atoms with Crippen molar-refractivity contribution in [3.8, 4) is 11.5 Å². The summed E-state index contributed by atoms with van der Waals surface area (Å²) in [6, 6.07) is 4.62. The fourth-order valence-electron chi connectivity index (χ4n) is 2.49. The summed E-state index contributed by atoms with van der Waals surface area (Å²) in [6.07, 6.45) is 2.22. The van der Waals surface area contributed by atoms with Crippen LogP contribution in [0.3, 0.4) is 0 Å². The molecule has 0 amide bonds. The second kappa shape index (κ2) is 6.95. The fraction of sp³-hybridized carbons (Fsp3) is 0.625. The number of hydrogen-bond donors (Lipinski definition) is 1. The second-order valence-electron chi connectivity index (χ2n) is 5.47. The highest BCUT2D eigenvalue weighted by Gasteiger charge is 2.21. The largest absolute Gasteiger partial charge is 0.496 e. The Morgan fingerprint density at radius 1 is 1.40 bits per heavy atom. The molecule has 0 saturated heterocycles. The fourth-order valence-corrected chi connectivity index (χ4v) is 2.49. The Hall–Kier alpha value is -1.26. The van der Waals surface area contributed by atoms with Crippen LogP contribution in [0.2, 0.25) is 0 Å². The molecule has 2 atom stereocenters. The van der Waals surface area contributed by atoms with E-state index in [0.717, 1.165) is 43.1 Å². The molecule has 0 spiro atoms. The molecule has 1 aromatic rings. The first kappa shape index (κ1) is 15.1. The molecule has 2 unspecified atom stereocenters. The average Bonchev–Trinajstić information content (AvgIpc) is 2.80. The van der Waals surface area contributed by atoms with Crippen molar-refractivity contribution in [2.24, 2.45) is 0 Å². The van der Waals surface area contributed by atoms with Gasteiger partial charge >= 0.3 is 0 Å². The monoisotopic (exact) mass is 279 g/mol. The lowest BCUT2D eigenvalue weighted by atomic mass is 10.1. The van der Waals surface area contributed by atoms with Crippen LogP contribution in [0.1, 0.15) is 31.4 Å². The van der Waals surface area contributed by atoms with Crippen molar-refractivity contribution in [2.45, 2.75) is 45.4 Å². The maximum atomic E-state index is 5.82. The van der Waals surface area contributed by atoms with Gasteiger partial charge in [0, 0.05) is 43.9 Å². The highest BCUT2D eigenvalue weighted by atomic mass is 16.5. The molecule has 112 valence electrons. The molecule has 1 N–H and O–H groups in total. The van der Waals surface area contributed by atoms with Crippen molar-refractivity contribution in [1.82, 2.24) is 5.32 Å². The van der Waals surface area contributed by atoms with E-state index in [4.69, 9.17) is 14.2 Å². The lowest BCUT2D eigenvalue weighted by Gasteiger charge is -2.16. The second-order valence-corrected chi connectivity index (χ2v) is 5.47. The first-order valence-electron chi connectivity index (χ1n) is 7.22. The van der Waals surface area contributed by atoms with Crippen LogP contribution < -0.4 is 14.8 Å². The van der Waals surface area contributed by atoms with Crippen LogP contribution in [0.5, 0.6) is 11.5 Å². The van der Waals surface area contributed by atoms with Crippen LogP contribution in [-0.4, -0.2) is 33.0 Å².